The summed E-state index contributed by atoms with van der Waals surface area (Å²) in [5.41, 5.74) is 2.09. The van der Waals surface area contributed by atoms with Crippen LogP contribution >= 0.6 is 0 Å². The number of amides is 1. The molecule has 1 amide bonds. The van der Waals surface area contributed by atoms with Gasteiger partial charge in [0, 0.05) is 24.4 Å². The SMILES string of the molecule is Cc1ccc(NC(=O)CCC(=O)n2ccc3ccccc32)c(O)c1. The number of aromatic hydroxyl groups is 1. The summed E-state index contributed by atoms with van der Waals surface area (Å²) in [7, 11) is 0. The highest BCUT2D eigenvalue weighted by Gasteiger charge is 2.12. The average Bonchev–Trinajstić information content (AvgIpc) is 2.99. The molecule has 2 N–H and O–H groups in total. The van der Waals surface area contributed by atoms with Crippen LogP contribution in [0.2, 0.25) is 0 Å². The van der Waals surface area contributed by atoms with Gasteiger partial charge in [-0.05, 0) is 36.8 Å². The fourth-order valence-corrected chi connectivity index (χ4v) is 2.60. The highest BCUT2D eigenvalue weighted by molar-refractivity contribution is 5.97. The quantitative estimate of drug-likeness (QED) is 0.719. The Morgan fingerprint density at radius 3 is 2.67 bits per heavy atom. The Kier molecular flexibility index (Phi) is 4.33. The highest BCUT2D eigenvalue weighted by atomic mass is 16.3. The molecule has 2 aromatic carbocycles. The van der Waals surface area contributed by atoms with Crippen LogP contribution in [-0.2, 0) is 4.79 Å². The molecule has 122 valence electrons. The summed E-state index contributed by atoms with van der Waals surface area (Å²) in [4.78, 5) is 24.3. The lowest BCUT2D eigenvalue weighted by molar-refractivity contribution is -0.116. The minimum Gasteiger partial charge on any atom is -0.506 e. The molecule has 0 saturated carbocycles. The van der Waals surface area contributed by atoms with Gasteiger partial charge in [-0.25, -0.2) is 0 Å². The second-order valence-corrected chi connectivity index (χ2v) is 5.71. The van der Waals surface area contributed by atoms with E-state index in [4.69, 9.17) is 0 Å². The first-order chi connectivity index (χ1) is 11.5. The predicted octanol–water partition coefficient (Wildman–Crippen LogP) is 3.71. The normalized spacial score (nSPS) is 10.7. The van der Waals surface area contributed by atoms with Gasteiger partial charge in [-0.15, -0.1) is 0 Å². The molecule has 5 heteroatoms. The second kappa shape index (κ2) is 6.58. The molecular weight excluding hydrogens is 304 g/mol. The van der Waals surface area contributed by atoms with Crippen LogP contribution in [0.4, 0.5) is 5.69 Å². The van der Waals surface area contributed by atoms with Crippen LogP contribution in [0.15, 0.2) is 54.7 Å². The number of nitrogens with one attached hydrogen (secondary N) is 1. The van der Waals surface area contributed by atoms with Gasteiger partial charge in [-0.1, -0.05) is 24.3 Å². The summed E-state index contributed by atoms with van der Waals surface area (Å²) in [6.07, 6.45) is 1.87. The average molecular weight is 322 g/mol. The van der Waals surface area contributed by atoms with Gasteiger partial charge in [0.1, 0.15) is 5.75 Å². The van der Waals surface area contributed by atoms with Crippen molar-refractivity contribution in [3.05, 3.63) is 60.3 Å². The maximum Gasteiger partial charge on any atom is 0.231 e. The van der Waals surface area contributed by atoms with Crippen LogP contribution in [0.1, 0.15) is 23.2 Å². The van der Waals surface area contributed by atoms with E-state index in [2.05, 4.69) is 5.32 Å². The summed E-state index contributed by atoms with van der Waals surface area (Å²) in [6, 6.07) is 14.5. The van der Waals surface area contributed by atoms with E-state index in [1.165, 1.54) is 0 Å². The number of aromatic nitrogens is 1. The molecule has 0 bridgehead atoms. The summed E-state index contributed by atoms with van der Waals surface area (Å²) >= 11 is 0. The largest absolute Gasteiger partial charge is 0.506 e. The van der Waals surface area contributed by atoms with Gasteiger partial charge in [0.25, 0.3) is 0 Å². The Bertz CT molecular complexity index is 912. The molecule has 3 aromatic rings. The van der Waals surface area contributed by atoms with Gasteiger partial charge in [0.15, 0.2) is 0 Å². The van der Waals surface area contributed by atoms with Crippen molar-refractivity contribution in [2.24, 2.45) is 0 Å². The highest BCUT2D eigenvalue weighted by Crippen LogP contribution is 2.24. The number of fused-ring (bicyclic) bond motifs is 1. The third kappa shape index (κ3) is 3.30. The lowest BCUT2D eigenvalue weighted by atomic mass is 10.2. The lowest BCUT2D eigenvalue weighted by Gasteiger charge is -2.08. The van der Waals surface area contributed by atoms with Gasteiger partial charge < -0.3 is 10.4 Å². The van der Waals surface area contributed by atoms with Gasteiger partial charge in [-0.3, -0.25) is 14.2 Å². The Balaban J connectivity index is 1.62. The maximum absolute atomic E-state index is 12.3. The van der Waals surface area contributed by atoms with Crippen LogP contribution in [0.25, 0.3) is 10.9 Å². The van der Waals surface area contributed by atoms with Crippen LogP contribution in [0.3, 0.4) is 0 Å². The number of nitrogens with zero attached hydrogens (tertiary/aromatic N) is 1. The van der Waals surface area contributed by atoms with E-state index >= 15 is 0 Å². The van der Waals surface area contributed by atoms with Gasteiger partial charge in [0.05, 0.1) is 11.2 Å². The topological polar surface area (TPSA) is 71.3 Å². The molecule has 0 fully saturated rings. The van der Waals surface area contributed by atoms with Crippen molar-refractivity contribution in [3.63, 3.8) is 0 Å². The van der Waals surface area contributed by atoms with Crippen LogP contribution in [-0.4, -0.2) is 21.5 Å². The van der Waals surface area contributed by atoms with Crippen molar-refractivity contribution in [2.45, 2.75) is 19.8 Å². The zero-order valence-corrected chi connectivity index (χ0v) is 13.3. The van der Waals surface area contributed by atoms with Crippen molar-refractivity contribution in [1.82, 2.24) is 4.57 Å². The zero-order valence-electron chi connectivity index (χ0n) is 13.3. The van der Waals surface area contributed by atoms with E-state index in [0.29, 0.717) is 5.69 Å². The Labute approximate surface area is 139 Å². The minimum absolute atomic E-state index is 0.0195. The molecule has 0 aliphatic carbocycles. The van der Waals surface area contributed by atoms with Crippen molar-refractivity contribution in [1.29, 1.82) is 0 Å². The molecule has 0 aliphatic rings. The van der Waals surface area contributed by atoms with E-state index in [9.17, 15) is 14.7 Å². The second-order valence-electron chi connectivity index (χ2n) is 5.71. The summed E-state index contributed by atoms with van der Waals surface area (Å²) in [5, 5.41) is 13.4. The molecule has 0 aliphatic heterocycles. The number of anilines is 1. The summed E-state index contributed by atoms with van der Waals surface area (Å²) < 4.78 is 1.56. The molecule has 1 aromatic heterocycles. The maximum atomic E-state index is 12.3. The number of carbonyl (C=O) groups excluding carboxylic acids is 2. The van der Waals surface area contributed by atoms with Crippen molar-refractivity contribution in [3.8, 4) is 5.75 Å². The van der Waals surface area contributed by atoms with E-state index in [1.54, 1.807) is 29.0 Å². The third-order valence-corrected chi connectivity index (χ3v) is 3.86. The zero-order chi connectivity index (χ0) is 17.1. The molecule has 1 heterocycles. The standard InChI is InChI=1S/C19H18N2O3/c1-13-6-7-15(17(22)12-13)20-18(23)8-9-19(24)21-11-10-14-4-2-3-5-16(14)21/h2-7,10-12,22H,8-9H2,1H3,(H,20,23). The predicted molar refractivity (Wildman–Crippen MR) is 93.3 cm³/mol. The number of phenols is 1. The van der Waals surface area contributed by atoms with Crippen LogP contribution in [0.5, 0.6) is 5.75 Å². The first-order valence-corrected chi connectivity index (χ1v) is 7.73. The molecule has 0 atom stereocenters. The number of hydrogen-bond acceptors (Lipinski definition) is 3. The summed E-state index contributed by atoms with van der Waals surface area (Å²) in [6.45, 7) is 1.85. The Morgan fingerprint density at radius 2 is 1.88 bits per heavy atom. The minimum atomic E-state index is -0.307. The number of benzene rings is 2. The first kappa shape index (κ1) is 15.8. The van der Waals surface area contributed by atoms with Gasteiger partial charge in [-0.2, -0.15) is 0 Å². The molecule has 3 rings (SSSR count). The Morgan fingerprint density at radius 1 is 1.08 bits per heavy atom. The molecule has 0 unspecified atom stereocenters. The van der Waals surface area contributed by atoms with E-state index in [1.807, 2.05) is 37.3 Å². The van der Waals surface area contributed by atoms with E-state index in [0.717, 1.165) is 16.5 Å². The van der Waals surface area contributed by atoms with Crippen molar-refractivity contribution in [2.75, 3.05) is 5.32 Å². The molecule has 0 radical (unpaired) electrons. The monoisotopic (exact) mass is 322 g/mol. The fraction of sp³-hybridized carbons (Fsp3) is 0.158. The van der Waals surface area contributed by atoms with Crippen LogP contribution in [0, 0.1) is 6.92 Å². The van der Waals surface area contributed by atoms with E-state index in [-0.39, 0.29) is 30.4 Å². The number of rotatable bonds is 4. The molecule has 5 nitrogen and oxygen atoms in total. The molecule has 0 spiro atoms. The number of aryl methyl sites for hydroxylation is 1. The third-order valence-electron chi connectivity index (χ3n) is 3.86. The van der Waals surface area contributed by atoms with Gasteiger partial charge >= 0.3 is 0 Å². The number of hydrogen-bond donors (Lipinski definition) is 2. The van der Waals surface area contributed by atoms with Gasteiger partial charge in [0.2, 0.25) is 11.8 Å². The van der Waals surface area contributed by atoms with Crippen molar-refractivity contribution < 1.29 is 14.7 Å². The summed E-state index contributed by atoms with van der Waals surface area (Å²) in [5.74, 6) is -0.426. The van der Waals surface area contributed by atoms with Crippen LogP contribution < -0.4 is 5.32 Å². The number of phenolic OH excluding ortho intramolecular Hbond substituents is 1. The van der Waals surface area contributed by atoms with E-state index < -0.39 is 0 Å². The smallest absolute Gasteiger partial charge is 0.231 e. The molecule has 24 heavy (non-hydrogen) atoms. The number of para-hydroxylation sites is 1. The first-order valence-electron chi connectivity index (χ1n) is 7.73. The number of carbonyl (C=O) groups is 2. The van der Waals surface area contributed by atoms with Crippen molar-refractivity contribution >= 4 is 28.4 Å². The molecular formula is C19H18N2O3. The Hall–Kier alpha value is -3.08. The molecule has 0 saturated heterocycles. The lowest BCUT2D eigenvalue weighted by Crippen LogP contribution is -2.16. The fourth-order valence-electron chi connectivity index (χ4n) is 2.60.